The number of aryl methyl sites for hydroxylation is 2. The van der Waals surface area contributed by atoms with Gasteiger partial charge in [-0.15, -0.1) is 0 Å². The van der Waals surface area contributed by atoms with Crippen molar-refractivity contribution in [1.82, 2.24) is 14.1 Å². The average Bonchev–Trinajstić information content (AvgIpc) is 3.10. The predicted octanol–water partition coefficient (Wildman–Crippen LogP) is 15.1. The summed E-state index contributed by atoms with van der Waals surface area (Å²) >= 11 is 0. The summed E-state index contributed by atoms with van der Waals surface area (Å²) in [6.07, 6.45) is 0. The molecule has 0 aliphatic heterocycles. The van der Waals surface area contributed by atoms with E-state index in [0.717, 1.165) is 44.1 Å². The standard InChI is InChI=1S/C70H34N12/c1-40-19-50(20-41(2)80-40)51-29-69(81-65-25-46(56-11-3-42(31-71)21-52(56)35-75)7-15-60(65)61-16-8-47(26-66(61)81)57-12-4-43(32-72)22-53(57)36-76)64(39-79)70(30-51)82-67-27-48(58-13-5-44(33-73)23-54(58)37-77)9-17-62(67)63-18-10-49(28-68(63)82)59-14-6-45(34-74)24-55(59)38-78/h3-30H,1-2H3. The molecule has 3 heterocycles. The first-order chi connectivity index (χ1) is 40.0. The first kappa shape index (κ1) is 50.0. The van der Waals surface area contributed by atoms with Crippen molar-refractivity contribution in [3.05, 3.63) is 231 Å². The van der Waals surface area contributed by atoms with Crippen LogP contribution in [0.4, 0.5) is 0 Å². The number of rotatable bonds is 7. The van der Waals surface area contributed by atoms with Crippen molar-refractivity contribution >= 4 is 43.6 Å². The van der Waals surface area contributed by atoms with Gasteiger partial charge in [-0.25, -0.2) is 0 Å². The maximum absolute atomic E-state index is 12.1. The molecule has 12 rings (SSSR count). The first-order valence-corrected chi connectivity index (χ1v) is 25.5. The number of nitriles is 9. The zero-order valence-electron chi connectivity index (χ0n) is 43.5. The molecule has 12 nitrogen and oxygen atoms in total. The number of aromatic nitrogens is 3. The number of hydrogen-bond donors (Lipinski definition) is 0. The molecule has 3 aromatic heterocycles. The molecule has 0 N–H and O–H groups in total. The molecule has 0 bridgehead atoms. The highest BCUT2D eigenvalue weighted by Crippen LogP contribution is 2.44. The Kier molecular flexibility index (Phi) is 12.1. The second-order valence-electron chi connectivity index (χ2n) is 19.7. The molecule has 0 aliphatic carbocycles. The highest BCUT2D eigenvalue weighted by atomic mass is 15.0. The van der Waals surface area contributed by atoms with E-state index in [1.54, 1.807) is 72.8 Å². The molecule has 12 aromatic rings. The quantitative estimate of drug-likeness (QED) is 0.146. The van der Waals surface area contributed by atoms with Gasteiger partial charge in [-0.2, -0.15) is 47.4 Å². The van der Waals surface area contributed by atoms with Crippen molar-refractivity contribution in [3.8, 4) is 122 Å². The Morgan fingerprint density at radius 2 is 0.561 bits per heavy atom. The minimum absolute atomic E-state index is 0.245. The summed E-state index contributed by atoms with van der Waals surface area (Å²) in [5, 5.41) is 96.3. The first-order valence-electron chi connectivity index (χ1n) is 25.5. The molecule has 0 spiro atoms. The van der Waals surface area contributed by atoms with E-state index in [-0.39, 0.29) is 5.56 Å². The third-order valence-corrected chi connectivity index (χ3v) is 15.0. The summed E-state index contributed by atoms with van der Waals surface area (Å²) in [7, 11) is 0. The van der Waals surface area contributed by atoms with Crippen molar-refractivity contribution in [2.75, 3.05) is 0 Å². The van der Waals surface area contributed by atoms with Crippen LogP contribution in [0.5, 0.6) is 0 Å². The summed E-state index contributed by atoms with van der Waals surface area (Å²) in [6.45, 7) is 3.84. The van der Waals surface area contributed by atoms with E-state index in [9.17, 15) is 47.4 Å². The van der Waals surface area contributed by atoms with Gasteiger partial charge in [-0.1, -0.05) is 72.8 Å². The molecule has 0 saturated heterocycles. The van der Waals surface area contributed by atoms with Gasteiger partial charge < -0.3 is 9.13 Å². The predicted molar refractivity (Wildman–Crippen MR) is 312 cm³/mol. The molecule has 0 saturated carbocycles. The van der Waals surface area contributed by atoms with Crippen LogP contribution in [-0.2, 0) is 0 Å². The van der Waals surface area contributed by atoms with Gasteiger partial charge in [0.05, 0.1) is 127 Å². The monoisotopic (exact) mass is 1040 g/mol. The van der Waals surface area contributed by atoms with E-state index in [2.05, 4.69) is 54.6 Å². The number of pyridine rings is 1. The van der Waals surface area contributed by atoms with Crippen LogP contribution in [0.15, 0.2) is 170 Å². The lowest BCUT2D eigenvalue weighted by Crippen LogP contribution is -2.06. The van der Waals surface area contributed by atoms with E-state index in [1.165, 1.54) is 0 Å². The number of benzene rings is 9. The SMILES string of the molecule is Cc1cc(-c2cc(-n3c4cc(-c5ccc(C#N)cc5C#N)ccc4c4ccc(-c5ccc(C#N)cc5C#N)cc43)c(C#N)c(-n3c4cc(-c5ccc(C#N)cc5C#N)ccc4c4ccc(-c5ccc(C#N)cc5C#N)cc43)c2)cc(C)n1. The Balaban J connectivity index is 1.25. The Morgan fingerprint density at radius 1 is 0.280 bits per heavy atom. The molecule has 0 atom stereocenters. The van der Waals surface area contributed by atoms with Crippen molar-refractivity contribution in [3.63, 3.8) is 0 Å². The molecule has 9 aromatic carbocycles. The molecule has 0 amide bonds. The van der Waals surface area contributed by atoms with E-state index < -0.39 is 0 Å². The van der Waals surface area contributed by atoms with Gasteiger partial charge in [0.1, 0.15) is 11.6 Å². The molecule has 0 unspecified atom stereocenters. The highest BCUT2D eigenvalue weighted by molar-refractivity contribution is 6.13. The van der Waals surface area contributed by atoms with Crippen molar-refractivity contribution in [2.24, 2.45) is 0 Å². The van der Waals surface area contributed by atoms with Gasteiger partial charge in [0.15, 0.2) is 0 Å². The van der Waals surface area contributed by atoms with Crippen LogP contribution in [0.1, 0.15) is 61.5 Å². The number of hydrogen-bond acceptors (Lipinski definition) is 10. The van der Waals surface area contributed by atoms with E-state index in [1.807, 2.05) is 120 Å². The summed E-state index contributed by atoms with van der Waals surface area (Å²) in [5.41, 5.74) is 14.5. The fourth-order valence-corrected chi connectivity index (χ4v) is 11.3. The lowest BCUT2D eigenvalue weighted by molar-refractivity contribution is 1.11. The Morgan fingerprint density at radius 3 is 0.817 bits per heavy atom. The summed E-state index contributed by atoms with van der Waals surface area (Å²) in [5.74, 6) is 0. The van der Waals surface area contributed by atoms with Gasteiger partial charge >= 0.3 is 0 Å². The van der Waals surface area contributed by atoms with Crippen molar-refractivity contribution in [2.45, 2.75) is 13.8 Å². The second kappa shape index (κ2) is 19.9. The molecule has 0 radical (unpaired) electrons. The van der Waals surface area contributed by atoms with Crippen LogP contribution in [0, 0.1) is 116 Å². The maximum atomic E-state index is 12.1. The lowest BCUT2D eigenvalue weighted by Gasteiger charge is -2.19. The van der Waals surface area contributed by atoms with Gasteiger partial charge in [-0.05, 0) is 167 Å². The van der Waals surface area contributed by atoms with Gasteiger partial charge in [-0.3, -0.25) is 4.98 Å². The average molecular weight is 1040 g/mol. The highest BCUT2D eigenvalue weighted by Gasteiger charge is 2.25. The minimum Gasteiger partial charge on any atom is -0.308 e. The number of nitrogens with zero attached hydrogens (tertiary/aromatic N) is 12. The molecular formula is C70H34N12. The Bertz CT molecular complexity index is 4680. The third kappa shape index (κ3) is 8.21. The zero-order valence-corrected chi connectivity index (χ0v) is 43.5. The fraction of sp³-hybridized carbons (Fsp3) is 0.0286. The molecule has 0 fully saturated rings. The summed E-state index contributed by atoms with van der Waals surface area (Å²) in [6, 6.07) is 71.7. The summed E-state index contributed by atoms with van der Waals surface area (Å²) < 4.78 is 4.07. The van der Waals surface area contributed by atoms with Crippen LogP contribution in [0.2, 0.25) is 0 Å². The maximum Gasteiger partial charge on any atom is 0.104 e. The molecule has 374 valence electrons. The summed E-state index contributed by atoms with van der Waals surface area (Å²) in [4.78, 5) is 4.73. The number of fused-ring (bicyclic) bond motifs is 6. The van der Waals surface area contributed by atoms with Crippen molar-refractivity contribution in [1.29, 1.82) is 47.4 Å². The van der Waals surface area contributed by atoms with E-state index in [4.69, 9.17) is 4.98 Å². The second-order valence-corrected chi connectivity index (χ2v) is 19.7. The smallest absolute Gasteiger partial charge is 0.104 e. The molecule has 82 heavy (non-hydrogen) atoms. The third-order valence-electron chi connectivity index (χ3n) is 15.0. The normalized spacial score (nSPS) is 10.7. The largest absolute Gasteiger partial charge is 0.308 e. The van der Waals surface area contributed by atoms with Gasteiger partial charge in [0, 0.05) is 32.9 Å². The van der Waals surface area contributed by atoms with Crippen molar-refractivity contribution < 1.29 is 0 Å². The van der Waals surface area contributed by atoms with E-state index in [0.29, 0.717) is 122 Å². The topological polar surface area (TPSA) is 237 Å². The minimum atomic E-state index is 0.245. The molecular weight excluding hydrogens is 1010 g/mol. The van der Waals surface area contributed by atoms with Crippen LogP contribution in [0.25, 0.3) is 111 Å². The Hall–Kier alpha value is -12.9. The van der Waals surface area contributed by atoms with Gasteiger partial charge in [0.2, 0.25) is 0 Å². The van der Waals surface area contributed by atoms with Gasteiger partial charge in [0.25, 0.3) is 0 Å². The van der Waals surface area contributed by atoms with Crippen LogP contribution >= 0.6 is 0 Å². The van der Waals surface area contributed by atoms with Crippen LogP contribution in [-0.4, -0.2) is 14.1 Å². The van der Waals surface area contributed by atoms with Crippen LogP contribution in [0.3, 0.4) is 0 Å². The Labute approximate surface area is 469 Å². The molecule has 0 aliphatic rings. The zero-order chi connectivity index (χ0) is 56.9. The fourth-order valence-electron chi connectivity index (χ4n) is 11.3. The van der Waals surface area contributed by atoms with E-state index >= 15 is 0 Å². The van der Waals surface area contributed by atoms with Crippen LogP contribution < -0.4 is 0 Å². The molecule has 12 heteroatoms. The lowest BCUT2D eigenvalue weighted by atomic mass is 9.96.